The van der Waals surface area contributed by atoms with Crippen LogP contribution in [0, 0.1) is 6.92 Å². The van der Waals surface area contributed by atoms with E-state index in [0.29, 0.717) is 11.6 Å². The van der Waals surface area contributed by atoms with Gasteiger partial charge in [-0.3, -0.25) is 4.68 Å². The monoisotopic (exact) mass is 253 g/mol. The second-order valence-electron chi connectivity index (χ2n) is 4.22. The zero-order valence-electron chi connectivity index (χ0n) is 10.2. The summed E-state index contributed by atoms with van der Waals surface area (Å²) in [7, 11) is 3.76. The summed E-state index contributed by atoms with van der Waals surface area (Å²) in [6, 6.07) is -0.122. The number of imidazole rings is 1. The molecule has 2 aromatic rings. The Bertz CT molecular complexity index is 528. The molecule has 0 amide bonds. The van der Waals surface area contributed by atoms with Crippen LogP contribution in [0.4, 0.5) is 0 Å². The van der Waals surface area contributed by atoms with E-state index < -0.39 is 0 Å². The van der Waals surface area contributed by atoms with Crippen molar-refractivity contribution in [2.75, 3.05) is 0 Å². The highest BCUT2D eigenvalue weighted by Crippen LogP contribution is 2.24. The summed E-state index contributed by atoms with van der Waals surface area (Å²) in [4.78, 5) is 4.06. The van der Waals surface area contributed by atoms with Gasteiger partial charge in [-0.15, -0.1) is 0 Å². The van der Waals surface area contributed by atoms with E-state index in [1.807, 2.05) is 25.6 Å². The smallest absolute Gasteiger partial charge is 0.130 e. The van der Waals surface area contributed by atoms with Crippen molar-refractivity contribution in [1.82, 2.24) is 19.3 Å². The molecular formula is C11H16ClN5. The zero-order chi connectivity index (χ0) is 12.6. The highest BCUT2D eigenvalue weighted by Gasteiger charge is 2.17. The van der Waals surface area contributed by atoms with Crippen LogP contribution in [0.3, 0.4) is 0 Å². The number of rotatable bonds is 3. The average molecular weight is 254 g/mol. The fourth-order valence-corrected chi connectivity index (χ4v) is 2.21. The maximum atomic E-state index is 6.18. The Kier molecular flexibility index (Phi) is 3.22. The van der Waals surface area contributed by atoms with Gasteiger partial charge in [-0.2, -0.15) is 5.10 Å². The van der Waals surface area contributed by atoms with Gasteiger partial charge >= 0.3 is 0 Å². The van der Waals surface area contributed by atoms with Crippen molar-refractivity contribution in [3.8, 4) is 0 Å². The van der Waals surface area contributed by atoms with Crippen LogP contribution < -0.4 is 5.73 Å². The van der Waals surface area contributed by atoms with Crippen molar-refractivity contribution in [3.05, 3.63) is 34.6 Å². The van der Waals surface area contributed by atoms with Gasteiger partial charge in [-0.1, -0.05) is 11.6 Å². The van der Waals surface area contributed by atoms with Crippen molar-refractivity contribution in [2.24, 2.45) is 19.8 Å². The van der Waals surface area contributed by atoms with Gasteiger partial charge in [0.2, 0.25) is 0 Å². The highest BCUT2D eigenvalue weighted by atomic mass is 35.5. The van der Waals surface area contributed by atoms with Crippen LogP contribution in [0.2, 0.25) is 5.15 Å². The summed E-state index contributed by atoms with van der Waals surface area (Å²) in [5, 5.41) is 4.93. The average Bonchev–Trinajstić information content (AvgIpc) is 2.78. The molecule has 0 spiro atoms. The fraction of sp³-hybridized carbons (Fsp3) is 0.455. The summed E-state index contributed by atoms with van der Waals surface area (Å²) in [5.74, 6) is 0. The van der Waals surface area contributed by atoms with Crippen LogP contribution in [0.5, 0.6) is 0 Å². The van der Waals surface area contributed by atoms with Crippen LogP contribution in [-0.4, -0.2) is 19.3 Å². The minimum Gasteiger partial charge on any atom is -0.336 e. The summed E-state index contributed by atoms with van der Waals surface area (Å²) in [6.07, 6.45) is 4.19. The Morgan fingerprint density at radius 3 is 2.65 bits per heavy atom. The SMILES string of the molecule is Cc1nn(C)c(Cl)c1CC(N)c1cncn1C. The summed E-state index contributed by atoms with van der Waals surface area (Å²) in [5.41, 5.74) is 9.08. The number of hydrogen-bond donors (Lipinski definition) is 1. The van der Waals surface area contributed by atoms with Crippen molar-refractivity contribution in [2.45, 2.75) is 19.4 Å². The van der Waals surface area contributed by atoms with E-state index in [4.69, 9.17) is 17.3 Å². The van der Waals surface area contributed by atoms with E-state index in [-0.39, 0.29) is 6.04 Å². The molecule has 5 nitrogen and oxygen atoms in total. The molecule has 0 aliphatic rings. The molecule has 17 heavy (non-hydrogen) atoms. The Labute approximate surface area is 105 Å². The van der Waals surface area contributed by atoms with E-state index >= 15 is 0 Å². The molecule has 0 fully saturated rings. The maximum absolute atomic E-state index is 6.18. The zero-order valence-corrected chi connectivity index (χ0v) is 10.9. The molecule has 0 aromatic carbocycles. The van der Waals surface area contributed by atoms with Crippen LogP contribution in [-0.2, 0) is 20.5 Å². The normalized spacial score (nSPS) is 13.0. The largest absolute Gasteiger partial charge is 0.336 e. The third kappa shape index (κ3) is 2.21. The number of aryl methyl sites for hydroxylation is 3. The van der Waals surface area contributed by atoms with E-state index in [1.54, 1.807) is 17.2 Å². The Hall–Kier alpha value is -1.33. The molecule has 2 rings (SSSR count). The number of nitrogens with two attached hydrogens (primary N) is 1. The van der Waals surface area contributed by atoms with Gasteiger partial charge in [-0.05, 0) is 13.3 Å². The molecule has 1 unspecified atom stereocenters. The van der Waals surface area contributed by atoms with Crippen LogP contribution in [0.1, 0.15) is 23.0 Å². The van der Waals surface area contributed by atoms with Gasteiger partial charge in [0.1, 0.15) is 5.15 Å². The number of nitrogens with zero attached hydrogens (tertiary/aromatic N) is 4. The van der Waals surface area contributed by atoms with Crippen LogP contribution >= 0.6 is 11.6 Å². The number of hydrogen-bond acceptors (Lipinski definition) is 3. The van der Waals surface area contributed by atoms with Gasteiger partial charge in [0, 0.05) is 25.9 Å². The van der Waals surface area contributed by atoms with E-state index in [2.05, 4.69) is 10.1 Å². The predicted octanol–water partition coefficient (Wildman–Crippen LogP) is 1.36. The molecule has 0 saturated carbocycles. The lowest BCUT2D eigenvalue weighted by Gasteiger charge is -2.12. The molecule has 2 N–H and O–H groups in total. The lowest BCUT2D eigenvalue weighted by Crippen LogP contribution is -2.16. The van der Waals surface area contributed by atoms with E-state index in [9.17, 15) is 0 Å². The molecule has 0 aliphatic carbocycles. The fourth-order valence-electron chi connectivity index (χ4n) is 1.95. The van der Waals surface area contributed by atoms with Gasteiger partial charge < -0.3 is 10.3 Å². The third-order valence-electron chi connectivity index (χ3n) is 2.93. The van der Waals surface area contributed by atoms with Gasteiger partial charge in [0.05, 0.1) is 23.8 Å². The molecule has 6 heteroatoms. The molecule has 0 radical (unpaired) electrons. The van der Waals surface area contributed by atoms with Gasteiger partial charge in [0.25, 0.3) is 0 Å². The lowest BCUT2D eigenvalue weighted by molar-refractivity contribution is 0.654. The maximum Gasteiger partial charge on any atom is 0.130 e. The summed E-state index contributed by atoms with van der Waals surface area (Å²) >= 11 is 6.18. The van der Waals surface area contributed by atoms with Crippen molar-refractivity contribution < 1.29 is 0 Å². The molecule has 2 heterocycles. The summed E-state index contributed by atoms with van der Waals surface area (Å²) in [6.45, 7) is 1.94. The Morgan fingerprint density at radius 2 is 2.18 bits per heavy atom. The first-order chi connectivity index (χ1) is 8.00. The van der Waals surface area contributed by atoms with E-state index in [1.165, 1.54) is 0 Å². The van der Waals surface area contributed by atoms with Crippen LogP contribution in [0.25, 0.3) is 0 Å². The molecule has 2 aromatic heterocycles. The van der Waals surface area contributed by atoms with Gasteiger partial charge in [0.15, 0.2) is 0 Å². The second-order valence-corrected chi connectivity index (χ2v) is 4.58. The first kappa shape index (κ1) is 12.1. The Balaban J connectivity index is 2.24. The minimum absolute atomic E-state index is 0.122. The Morgan fingerprint density at radius 1 is 1.47 bits per heavy atom. The quantitative estimate of drug-likeness (QED) is 0.899. The van der Waals surface area contributed by atoms with Crippen molar-refractivity contribution >= 4 is 11.6 Å². The molecule has 0 aliphatic heterocycles. The second kappa shape index (κ2) is 4.50. The topological polar surface area (TPSA) is 61.7 Å². The lowest BCUT2D eigenvalue weighted by atomic mass is 10.1. The number of aromatic nitrogens is 4. The first-order valence-electron chi connectivity index (χ1n) is 5.40. The third-order valence-corrected chi connectivity index (χ3v) is 3.40. The van der Waals surface area contributed by atoms with Crippen LogP contribution in [0.15, 0.2) is 12.5 Å². The minimum atomic E-state index is -0.122. The number of halogens is 1. The van der Waals surface area contributed by atoms with Crippen molar-refractivity contribution in [1.29, 1.82) is 0 Å². The standard InChI is InChI=1S/C11H16ClN5/c1-7-8(11(12)17(3)15-7)4-9(13)10-5-14-6-16(10)2/h5-6,9H,4,13H2,1-3H3. The predicted molar refractivity (Wildman–Crippen MR) is 66.8 cm³/mol. The van der Waals surface area contributed by atoms with Gasteiger partial charge in [-0.25, -0.2) is 4.98 Å². The first-order valence-corrected chi connectivity index (χ1v) is 5.78. The molecule has 0 saturated heterocycles. The highest BCUT2D eigenvalue weighted by molar-refractivity contribution is 6.30. The summed E-state index contributed by atoms with van der Waals surface area (Å²) < 4.78 is 3.59. The molecule has 1 atom stereocenters. The molecular weight excluding hydrogens is 238 g/mol. The molecule has 92 valence electrons. The van der Waals surface area contributed by atoms with E-state index in [0.717, 1.165) is 17.0 Å². The molecule has 0 bridgehead atoms. The van der Waals surface area contributed by atoms with Crippen molar-refractivity contribution in [3.63, 3.8) is 0 Å².